The number of quaternary nitrogens is 1. The molecule has 0 aliphatic heterocycles. The predicted molar refractivity (Wildman–Crippen MR) is 369 cm³/mol. The van der Waals surface area contributed by atoms with E-state index in [4.69, 9.17) is 13.8 Å². The van der Waals surface area contributed by atoms with Crippen LogP contribution in [0.4, 0.5) is 0 Å². The van der Waals surface area contributed by atoms with E-state index in [1.165, 1.54) is 199 Å². The molecule has 0 aliphatic carbocycles. The summed E-state index contributed by atoms with van der Waals surface area (Å²) in [5, 5.41) is 3.06. The monoisotopic (exact) mass is 1210 g/mol. The van der Waals surface area contributed by atoms with Gasteiger partial charge in [0.25, 0.3) is 0 Å². The Morgan fingerprint density at radius 1 is 0.424 bits per heavy atom. The Balaban J connectivity index is 4.98. The Morgan fingerprint density at radius 2 is 0.753 bits per heavy atom. The van der Waals surface area contributed by atoms with Crippen LogP contribution in [-0.4, -0.2) is 74.3 Å². The molecule has 496 valence electrons. The third kappa shape index (κ3) is 65.7. The topological polar surface area (TPSA) is 111 Å². The quantitative estimate of drug-likeness (QED) is 0.0205. The Labute approximate surface area is 527 Å². The molecule has 3 unspecified atom stereocenters. The fourth-order valence-corrected chi connectivity index (χ4v) is 11.4. The van der Waals surface area contributed by atoms with Crippen molar-refractivity contribution in [2.45, 2.75) is 354 Å². The molecule has 85 heavy (non-hydrogen) atoms. The predicted octanol–water partition coefficient (Wildman–Crippen LogP) is 23.1. The van der Waals surface area contributed by atoms with Gasteiger partial charge in [0, 0.05) is 12.8 Å². The molecule has 10 heteroatoms. The molecule has 1 amide bonds. The van der Waals surface area contributed by atoms with Gasteiger partial charge in [-0.05, 0) is 76.7 Å². The average Bonchev–Trinajstić information content (AvgIpc) is 3.57. The highest BCUT2D eigenvalue weighted by Gasteiger charge is 2.30. The maximum Gasteiger partial charge on any atom is 0.472 e. The summed E-state index contributed by atoms with van der Waals surface area (Å²) < 4.78 is 30.8. The average molecular weight is 1210 g/mol. The molecule has 9 nitrogen and oxygen atoms in total. The van der Waals surface area contributed by atoms with Gasteiger partial charge in [-0.2, -0.15) is 0 Å². The molecule has 0 saturated heterocycles. The number of likely N-dealkylation sites (N-methyl/N-ethyl adjacent to an activating group) is 1. The fourth-order valence-electron chi connectivity index (χ4n) is 10.6. The van der Waals surface area contributed by atoms with Crippen LogP contribution < -0.4 is 5.32 Å². The van der Waals surface area contributed by atoms with E-state index >= 15 is 0 Å². The molecule has 0 aromatic heterocycles. The summed E-state index contributed by atoms with van der Waals surface area (Å²) >= 11 is 0. The van der Waals surface area contributed by atoms with Crippen LogP contribution in [0.3, 0.4) is 0 Å². The van der Waals surface area contributed by atoms with E-state index in [1.54, 1.807) is 0 Å². The number of esters is 1. The van der Waals surface area contributed by atoms with E-state index in [9.17, 15) is 19.0 Å². The number of amides is 1. The minimum atomic E-state index is -4.46. The van der Waals surface area contributed by atoms with Crippen molar-refractivity contribution in [3.63, 3.8) is 0 Å². The lowest BCUT2D eigenvalue weighted by Gasteiger charge is -2.27. The number of phosphoric acid groups is 1. The number of allylic oxidation sites excluding steroid dienone is 11. The van der Waals surface area contributed by atoms with Crippen LogP contribution in [-0.2, 0) is 27.9 Å². The van der Waals surface area contributed by atoms with Crippen molar-refractivity contribution < 1.29 is 37.3 Å². The number of hydrogen-bond donors (Lipinski definition) is 2. The zero-order valence-electron chi connectivity index (χ0n) is 56.9. The van der Waals surface area contributed by atoms with E-state index in [-0.39, 0.29) is 31.5 Å². The van der Waals surface area contributed by atoms with Crippen molar-refractivity contribution in [1.82, 2.24) is 5.32 Å². The number of nitrogens with zero attached hydrogens (tertiary/aromatic N) is 1. The zero-order valence-corrected chi connectivity index (χ0v) is 57.7. The second-order valence-electron chi connectivity index (χ2n) is 25.7. The van der Waals surface area contributed by atoms with Crippen molar-refractivity contribution in [3.05, 3.63) is 72.9 Å². The summed E-state index contributed by atoms with van der Waals surface area (Å²) in [6.07, 6.45) is 85.0. The van der Waals surface area contributed by atoms with E-state index in [1.807, 2.05) is 33.3 Å². The van der Waals surface area contributed by atoms with Crippen LogP contribution in [0, 0.1) is 0 Å². The molecule has 0 aromatic rings. The SMILES string of the molecule is CC/C=C\C/C=C\C/C=C\C/C=C\C/C=C\CCCCCCCC(=O)NC(COP(=O)(O)OCC[N+](C)(C)C)C(/C=C\CCCCCCCCCCC)OC(=O)CCCCCCCCCCCCCCCCCCCCCCCCCCCCC. The van der Waals surface area contributed by atoms with Gasteiger partial charge < -0.3 is 19.4 Å². The minimum absolute atomic E-state index is 0.0350. The van der Waals surface area contributed by atoms with Gasteiger partial charge in [-0.15, -0.1) is 0 Å². The standard InChI is InChI=1S/C75H139N2O7P/c1-7-10-13-16-19-22-25-27-29-31-33-35-36-37-38-39-40-42-44-46-48-50-53-56-59-62-65-68-75(79)84-73(66-63-60-57-54-51-24-21-18-15-12-9-3)72(71-83-85(80,81)82-70-69-77(4,5)6)76-74(78)67-64-61-58-55-52-49-47-45-43-41-34-32-30-28-26-23-20-17-14-11-8-2/h11,14,20,23,28,30,34,41,45,47,63,66,72-73H,7-10,12-13,15-19,21-22,24-27,29,31-33,35-40,42-44,46,48-62,64-65,67-71H2,1-6H3,(H-,76,78,80,81)/p+1/b14-11-,23-20-,30-28-,41-34-,47-45-,66-63-. The van der Waals surface area contributed by atoms with E-state index < -0.39 is 20.0 Å². The van der Waals surface area contributed by atoms with Crippen LogP contribution >= 0.6 is 7.82 Å². The number of carbonyl (C=O) groups excluding carboxylic acids is 2. The number of unbranched alkanes of at least 4 members (excludes halogenated alkanes) is 40. The van der Waals surface area contributed by atoms with Gasteiger partial charge in [0.2, 0.25) is 5.91 Å². The van der Waals surface area contributed by atoms with E-state index in [0.717, 1.165) is 109 Å². The van der Waals surface area contributed by atoms with Crippen molar-refractivity contribution >= 4 is 19.7 Å². The van der Waals surface area contributed by atoms with Crippen LogP contribution in [0.15, 0.2) is 72.9 Å². The molecule has 0 spiro atoms. The number of ether oxygens (including phenoxy) is 1. The zero-order chi connectivity index (χ0) is 62.1. The van der Waals surface area contributed by atoms with Crippen molar-refractivity contribution in [2.75, 3.05) is 40.9 Å². The molecule has 0 radical (unpaired) electrons. The van der Waals surface area contributed by atoms with E-state index in [2.05, 4.69) is 86.8 Å². The van der Waals surface area contributed by atoms with Gasteiger partial charge in [0.1, 0.15) is 19.3 Å². The van der Waals surface area contributed by atoms with Gasteiger partial charge in [0.15, 0.2) is 0 Å². The molecule has 0 bridgehead atoms. The van der Waals surface area contributed by atoms with Crippen molar-refractivity contribution in [1.29, 1.82) is 0 Å². The second kappa shape index (κ2) is 64.4. The molecule has 0 rings (SSSR count). The Morgan fingerprint density at radius 3 is 1.13 bits per heavy atom. The lowest BCUT2D eigenvalue weighted by Crippen LogP contribution is -2.47. The van der Waals surface area contributed by atoms with Crippen LogP contribution in [0.1, 0.15) is 342 Å². The molecule has 0 aliphatic rings. The van der Waals surface area contributed by atoms with Gasteiger partial charge in [-0.25, -0.2) is 4.57 Å². The molecule has 0 aromatic carbocycles. The molecular formula is C75H140N2O7P+. The van der Waals surface area contributed by atoms with Gasteiger partial charge in [0.05, 0.1) is 33.8 Å². The number of carbonyl (C=O) groups is 2. The summed E-state index contributed by atoms with van der Waals surface area (Å²) in [4.78, 5) is 37.9. The minimum Gasteiger partial charge on any atom is -0.456 e. The molecule has 2 N–H and O–H groups in total. The highest BCUT2D eigenvalue weighted by molar-refractivity contribution is 7.47. The van der Waals surface area contributed by atoms with Crippen LogP contribution in [0.5, 0.6) is 0 Å². The summed E-state index contributed by atoms with van der Waals surface area (Å²) in [7, 11) is 1.49. The number of phosphoric ester groups is 1. The first-order valence-electron chi connectivity index (χ1n) is 36.3. The summed E-state index contributed by atoms with van der Waals surface area (Å²) in [5.41, 5.74) is 0. The van der Waals surface area contributed by atoms with E-state index in [0.29, 0.717) is 17.4 Å². The molecule has 0 fully saturated rings. The third-order valence-electron chi connectivity index (χ3n) is 16.2. The summed E-state index contributed by atoms with van der Waals surface area (Å²) in [6, 6.07) is -0.861. The summed E-state index contributed by atoms with van der Waals surface area (Å²) in [5.74, 6) is -0.516. The lowest BCUT2D eigenvalue weighted by atomic mass is 10.0. The second-order valence-corrected chi connectivity index (χ2v) is 27.2. The molecule has 0 saturated carbocycles. The fraction of sp³-hybridized carbons (Fsp3) is 0.813. The number of rotatable bonds is 66. The largest absolute Gasteiger partial charge is 0.472 e. The first-order chi connectivity index (χ1) is 41.4. The first kappa shape index (κ1) is 82.5. The van der Waals surface area contributed by atoms with Gasteiger partial charge >= 0.3 is 13.8 Å². The van der Waals surface area contributed by atoms with Gasteiger partial charge in [-0.1, -0.05) is 325 Å². The third-order valence-corrected chi connectivity index (χ3v) is 17.1. The normalized spacial score (nSPS) is 13.9. The number of nitrogens with one attached hydrogen (secondary N) is 1. The Bertz CT molecular complexity index is 1680. The maximum atomic E-state index is 13.6. The maximum absolute atomic E-state index is 13.6. The Hall–Kier alpha value is -2.55. The lowest BCUT2D eigenvalue weighted by molar-refractivity contribution is -0.870. The van der Waals surface area contributed by atoms with Crippen molar-refractivity contribution in [2.24, 2.45) is 0 Å². The van der Waals surface area contributed by atoms with Crippen LogP contribution in [0.2, 0.25) is 0 Å². The van der Waals surface area contributed by atoms with Crippen molar-refractivity contribution in [3.8, 4) is 0 Å². The molecular weight excluding hydrogens is 1070 g/mol. The molecule has 3 atom stereocenters. The highest BCUT2D eigenvalue weighted by atomic mass is 31.2. The highest BCUT2D eigenvalue weighted by Crippen LogP contribution is 2.43. The Kier molecular flexibility index (Phi) is 62.5. The smallest absolute Gasteiger partial charge is 0.456 e. The van der Waals surface area contributed by atoms with Crippen LogP contribution in [0.25, 0.3) is 0 Å². The number of hydrogen-bond acceptors (Lipinski definition) is 6. The van der Waals surface area contributed by atoms with Gasteiger partial charge in [-0.3, -0.25) is 18.6 Å². The molecule has 0 heterocycles. The first-order valence-corrected chi connectivity index (χ1v) is 37.8. The summed E-state index contributed by atoms with van der Waals surface area (Å²) in [6.45, 7) is 6.92.